The van der Waals surface area contributed by atoms with Gasteiger partial charge in [0.15, 0.2) is 0 Å². The van der Waals surface area contributed by atoms with Crippen molar-refractivity contribution in [2.24, 2.45) is 10.1 Å². The Kier molecular flexibility index (Phi) is 2.89. The van der Waals surface area contributed by atoms with Gasteiger partial charge >= 0.3 is 0 Å². The quantitative estimate of drug-likeness (QED) is 0.552. The molecule has 5 heteroatoms. The van der Waals surface area contributed by atoms with Crippen molar-refractivity contribution in [1.82, 2.24) is 10.1 Å². The van der Waals surface area contributed by atoms with Crippen LogP contribution in [0.5, 0.6) is 0 Å². The van der Waals surface area contributed by atoms with Crippen molar-refractivity contribution in [2.45, 2.75) is 38.9 Å². The first-order valence-corrected chi connectivity index (χ1v) is 4.99. The van der Waals surface area contributed by atoms with Gasteiger partial charge in [-0.3, -0.25) is 4.99 Å². The van der Waals surface area contributed by atoms with Crippen molar-refractivity contribution in [1.29, 1.82) is 0 Å². The summed E-state index contributed by atoms with van der Waals surface area (Å²) >= 11 is 0. The van der Waals surface area contributed by atoms with E-state index in [-0.39, 0.29) is 0 Å². The maximum atomic E-state index is 9.96. The lowest BCUT2D eigenvalue weighted by Gasteiger charge is -2.33. The number of hydroxylamine groups is 2. The first-order chi connectivity index (χ1) is 6.68. The van der Waals surface area contributed by atoms with Crippen LogP contribution in [0.25, 0.3) is 0 Å². The van der Waals surface area contributed by atoms with Gasteiger partial charge in [0.2, 0.25) is 0 Å². The monoisotopic (exact) mass is 212 g/mol. The molecule has 86 valence electrons. The lowest BCUT2D eigenvalue weighted by Crippen LogP contribution is -2.50. The maximum Gasteiger partial charge on any atom is 0.131 e. The molecule has 0 saturated carbocycles. The fourth-order valence-corrected chi connectivity index (χ4v) is 1.63. The van der Waals surface area contributed by atoms with Gasteiger partial charge < -0.3 is 10.2 Å². The first kappa shape index (κ1) is 12.1. The Bertz CT molecular complexity index is 305. The lowest BCUT2D eigenvalue weighted by molar-refractivity contribution is -0.187. The van der Waals surface area contributed by atoms with Crippen molar-refractivity contribution in [3.8, 4) is 0 Å². The molecule has 0 saturated heterocycles. The van der Waals surface area contributed by atoms with Gasteiger partial charge in [0.25, 0.3) is 0 Å². The van der Waals surface area contributed by atoms with Gasteiger partial charge in [-0.15, -0.1) is 0 Å². The van der Waals surface area contributed by atoms with Crippen LogP contribution in [-0.2, 0) is 0 Å². The van der Waals surface area contributed by atoms with E-state index in [0.29, 0.717) is 0 Å². The third-order valence-corrected chi connectivity index (χ3v) is 2.48. The molecule has 1 aliphatic rings. The summed E-state index contributed by atoms with van der Waals surface area (Å²) in [5.74, 6) is 0. The predicted molar refractivity (Wildman–Crippen MR) is 61.4 cm³/mol. The van der Waals surface area contributed by atoms with E-state index in [1.807, 2.05) is 41.8 Å². The highest BCUT2D eigenvalue weighted by Crippen LogP contribution is 2.32. The fraction of sp³-hybridized carbons (Fsp3) is 0.800. The smallest absolute Gasteiger partial charge is 0.131 e. The van der Waals surface area contributed by atoms with E-state index in [0.717, 1.165) is 5.71 Å². The topological polar surface area (TPSA) is 51.4 Å². The van der Waals surface area contributed by atoms with Gasteiger partial charge in [-0.1, -0.05) is 0 Å². The number of hydrogen-bond acceptors (Lipinski definition) is 5. The number of hydrogen-bond donors (Lipinski definition) is 1. The van der Waals surface area contributed by atoms with E-state index in [1.165, 1.54) is 5.06 Å². The second-order valence-corrected chi connectivity index (χ2v) is 4.95. The van der Waals surface area contributed by atoms with Crippen LogP contribution in [0.2, 0.25) is 0 Å². The van der Waals surface area contributed by atoms with Crippen LogP contribution >= 0.6 is 0 Å². The Morgan fingerprint density at radius 2 is 1.87 bits per heavy atom. The van der Waals surface area contributed by atoms with E-state index in [4.69, 9.17) is 0 Å². The van der Waals surface area contributed by atoms with Crippen LogP contribution in [0, 0.1) is 0 Å². The van der Waals surface area contributed by atoms with E-state index in [2.05, 4.69) is 10.1 Å². The summed E-state index contributed by atoms with van der Waals surface area (Å²) < 4.78 is 0. The van der Waals surface area contributed by atoms with Crippen molar-refractivity contribution in [3.05, 3.63) is 0 Å². The molecule has 0 fully saturated rings. The summed E-state index contributed by atoms with van der Waals surface area (Å²) in [4.78, 5) is 4.44. The Balaban J connectivity index is 2.99. The van der Waals surface area contributed by atoms with Gasteiger partial charge in [-0.25, -0.2) is 0 Å². The fourth-order valence-electron chi connectivity index (χ4n) is 1.63. The second-order valence-electron chi connectivity index (χ2n) is 4.95. The van der Waals surface area contributed by atoms with E-state index >= 15 is 0 Å². The molecule has 0 atom stereocenters. The largest absolute Gasteiger partial charge is 0.311 e. The Hall–Kier alpha value is -0.940. The number of nitrogens with zero attached hydrogens (tertiary/aromatic N) is 4. The molecular formula is C10H20N4O. The van der Waals surface area contributed by atoms with Gasteiger partial charge in [0, 0.05) is 14.1 Å². The van der Waals surface area contributed by atoms with Gasteiger partial charge in [0.1, 0.15) is 5.66 Å². The summed E-state index contributed by atoms with van der Waals surface area (Å²) in [6.07, 6.45) is 1.69. The summed E-state index contributed by atoms with van der Waals surface area (Å²) in [6.45, 7) is 7.57. The Morgan fingerprint density at radius 3 is 2.20 bits per heavy atom. The molecule has 0 aliphatic carbocycles. The number of rotatable bonds is 2. The molecule has 0 aromatic carbocycles. The van der Waals surface area contributed by atoms with E-state index < -0.39 is 11.2 Å². The highest BCUT2D eigenvalue weighted by molar-refractivity contribution is 6.35. The molecule has 0 spiro atoms. The Morgan fingerprint density at radius 1 is 1.33 bits per heavy atom. The summed E-state index contributed by atoms with van der Waals surface area (Å²) in [6, 6.07) is 0. The van der Waals surface area contributed by atoms with Crippen LogP contribution in [0.1, 0.15) is 27.7 Å². The Labute approximate surface area is 91.0 Å². The van der Waals surface area contributed by atoms with E-state index in [1.54, 1.807) is 11.2 Å². The van der Waals surface area contributed by atoms with Gasteiger partial charge in [-0.05, 0) is 27.7 Å². The second kappa shape index (κ2) is 3.57. The van der Waals surface area contributed by atoms with Crippen molar-refractivity contribution in [3.63, 3.8) is 0 Å². The average molecular weight is 212 g/mol. The van der Waals surface area contributed by atoms with Crippen LogP contribution in [0.4, 0.5) is 0 Å². The van der Waals surface area contributed by atoms with E-state index in [9.17, 15) is 5.21 Å². The van der Waals surface area contributed by atoms with Crippen LogP contribution < -0.4 is 0 Å². The molecule has 1 heterocycles. The van der Waals surface area contributed by atoms with Crippen LogP contribution in [0.3, 0.4) is 0 Å². The highest BCUT2D eigenvalue weighted by Gasteiger charge is 2.46. The zero-order valence-electron chi connectivity index (χ0n) is 10.3. The van der Waals surface area contributed by atoms with Crippen LogP contribution in [0.15, 0.2) is 10.1 Å². The zero-order chi connectivity index (χ0) is 11.9. The van der Waals surface area contributed by atoms with Crippen molar-refractivity contribution < 1.29 is 5.21 Å². The van der Waals surface area contributed by atoms with Crippen molar-refractivity contribution in [2.75, 3.05) is 14.1 Å². The minimum atomic E-state index is -0.586. The molecule has 0 radical (unpaired) electrons. The van der Waals surface area contributed by atoms with Gasteiger partial charge in [-0.2, -0.15) is 10.2 Å². The summed E-state index contributed by atoms with van der Waals surface area (Å²) in [5.41, 5.74) is -0.302. The number of aliphatic imine (C=N–C) groups is 1. The first-order valence-electron chi connectivity index (χ1n) is 4.99. The molecule has 1 aliphatic heterocycles. The molecule has 0 aromatic rings. The minimum absolute atomic E-state index is 0.497. The number of hydrazone groups is 1. The normalized spacial score (nSPS) is 24.6. The SMILES string of the molecule is CN(C)/N=C/C1=NC(C)(C)N(O)C1(C)C. The zero-order valence-corrected chi connectivity index (χ0v) is 10.3. The highest BCUT2D eigenvalue weighted by atomic mass is 16.5. The molecule has 0 amide bonds. The molecule has 0 bridgehead atoms. The van der Waals surface area contributed by atoms with Crippen LogP contribution in [-0.4, -0.2) is 52.5 Å². The summed E-state index contributed by atoms with van der Waals surface area (Å²) in [5, 5.41) is 17.1. The molecule has 0 aromatic heterocycles. The molecule has 5 nitrogen and oxygen atoms in total. The molecule has 1 rings (SSSR count). The lowest BCUT2D eigenvalue weighted by atomic mass is 9.99. The maximum absolute atomic E-state index is 9.96. The minimum Gasteiger partial charge on any atom is -0.311 e. The summed E-state index contributed by atoms with van der Waals surface area (Å²) in [7, 11) is 3.70. The predicted octanol–water partition coefficient (Wildman–Crippen LogP) is 1.19. The standard InChI is InChI=1S/C10H20N4O/c1-9(2)8(7-11-13(5)6)12-10(3,4)14(9)15/h7,15H,1-6H3/b11-7+. The third-order valence-electron chi connectivity index (χ3n) is 2.48. The molecule has 15 heavy (non-hydrogen) atoms. The average Bonchev–Trinajstić information content (AvgIpc) is 2.23. The molecule has 0 unspecified atom stereocenters. The third kappa shape index (κ3) is 2.18. The molecule has 1 N–H and O–H groups in total. The van der Waals surface area contributed by atoms with Crippen molar-refractivity contribution >= 4 is 11.9 Å². The molecular weight excluding hydrogens is 192 g/mol. The van der Waals surface area contributed by atoms with Gasteiger partial charge in [0.05, 0.1) is 17.5 Å².